The molecule has 3 heterocycles. The number of nitrogens with zero attached hydrogens (tertiary/aromatic N) is 2. The second-order valence-electron chi connectivity index (χ2n) is 4.94. The van der Waals surface area contributed by atoms with E-state index in [-0.39, 0.29) is 5.76 Å². The Morgan fingerprint density at radius 3 is 2.83 bits per heavy atom. The van der Waals surface area contributed by atoms with Crippen LogP contribution in [0.15, 0.2) is 63.8 Å². The van der Waals surface area contributed by atoms with E-state index < -0.39 is 5.91 Å². The van der Waals surface area contributed by atoms with Crippen molar-refractivity contribution >= 4 is 34.4 Å². The number of fused-ring (bicyclic) bond motifs is 1. The summed E-state index contributed by atoms with van der Waals surface area (Å²) in [7, 11) is 0. The maximum Gasteiger partial charge on any atom is 0.291 e. The molecule has 0 fully saturated rings. The van der Waals surface area contributed by atoms with E-state index in [4.69, 9.17) is 20.4 Å². The molecule has 0 saturated carbocycles. The smallest absolute Gasteiger partial charge is 0.291 e. The number of amides is 1. The molecular formula is C17H10ClN3O3. The van der Waals surface area contributed by atoms with Crippen LogP contribution in [-0.2, 0) is 0 Å². The van der Waals surface area contributed by atoms with Crippen LogP contribution in [0.25, 0.3) is 22.7 Å². The number of carbonyl (C=O) groups excluding carboxylic acids is 1. The van der Waals surface area contributed by atoms with Crippen LogP contribution in [0.2, 0.25) is 5.02 Å². The normalized spacial score (nSPS) is 10.9. The molecule has 1 amide bonds. The van der Waals surface area contributed by atoms with Gasteiger partial charge in [-0.15, -0.1) is 0 Å². The molecular weight excluding hydrogens is 330 g/mol. The average molecular weight is 340 g/mol. The van der Waals surface area contributed by atoms with Gasteiger partial charge in [0.2, 0.25) is 5.89 Å². The highest BCUT2D eigenvalue weighted by Crippen LogP contribution is 2.34. The van der Waals surface area contributed by atoms with Crippen molar-refractivity contribution in [2.75, 3.05) is 5.32 Å². The minimum Gasteiger partial charge on any atom is -0.459 e. The quantitative estimate of drug-likeness (QED) is 0.598. The highest BCUT2D eigenvalue weighted by molar-refractivity contribution is 6.36. The van der Waals surface area contributed by atoms with Crippen LogP contribution in [0.4, 0.5) is 5.69 Å². The molecule has 0 radical (unpaired) electrons. The topological polar surface area (TPSA) is 81.2 Å². The van der Waals surface area contributed by atoms with Gasteiger partial charge < -0.3 is 14.2 Å². The second-order valence-corrected chi connectivity index (χ2v) is 5.32. The van der Waals surface area contributed by atoms with Crippen molar-refractivity contribution in [3.05, 3.63) is 65.7 Å². The van der Waals surface area contributed by atoms with Crippen LogP contribution in [0.1, 0.15) is 10.6 Å². The zero-order valence-corrected chi connectivity index (χ0v) is 12.9. The maximum absolute atomic E-state index is 12.1. The van der Waals surface area contributed by atoms with Crippen molar-refractivity contribution in [2.45, 2.75) is 0 Å². The van der Waals surface area contributed by atoms with Gasteiger partial charge in [-0.2, -0.15) is 4.98 Å². The number of rotatable bonds is 3. The fourth-order valence-corrected chi connectivity index (χ4v) is 2.52. The fourth-order valence-electron chi connectivity index (χ4n) is 2.27. The number of aromatic nitrogens is 2. The van der Waals surface area contributed by atoms with Crippen LogP contribution in [0.5, 0.6) is 0 Å². The molecule has 0 unspecified atom stereocenters. The lowest BCUT2D eigenvalue weighted by atomic mass is 10.2. The fraction of sp³-hybridized carbons (Fsp3) is 0. The summed E-state index contributed by atoms with van der Waals surface area (Å²) in [6.45, 7) is 0. The first kappa shape index (κ1) is 14.5. The van der Waals surface area contributed by atoms with Gasteiger partial charge in [-0.25, -0.2) is 4.98 Å². The van der Waals surface area contributed by atoms with Gasteiger partial charge >= 0.3 is 0 Å². The first-order chi connectivity index (χ1) is 11.7. The number of hydrogen-bond acceptors (Lipinski definition) is 5. The summed E-state index contributed by atoms with van der Waals surface area (Å²) >= 11 is 6.41. The lowest BCUT2D eigenvalue weighted by Crippen LogP contribution is -2.11. The molecule has 24 heavy (non-hydrogen) atoms. The molecule has 118 valence electrons. The number of halogens is 1. The molecule has 3 aromatic heterocycles. The van der Waals surface area contributed by atoms with E-state index in [1.807, 2.05) is 0 Å². The van der Waals surface area contributed by atoms with Crippen molar-refractivity contribution in [1.29, 1.82) is 0 Å². The predicted octanol–water partition coefficient (Wildman–Crippen LogP) is 4.39. The summed E-state index contributed by atoms with van der Waals surface area (Å²) in [6, 6.07) is 11.9. The van der Waals surface area contributed by atoms with E-state index in [1.165, 1.54) is 6.26 Å². The van der Waals surface area contributed by atoms with Crippen molar-refractivity contribution in [2.24, 2.45) is 0 Å². The van der Waals surface area contributed by atoms with Gasteiger partial charge in [-0.3, -0.25) is 4.79 Å². The third kappa shape index (κ3) is 2.53. The summed E-state index contributed by atoms with van der Waals surface area (Å²) in [6.07, 6.45) is 3.06. The van der Waals surface area contributed by atoms with Gasteiger partial charge in [0, 0.05) is 6.20 Å². The summed E-state index contributed by atoms with van der Waals surface area (Å²) in [5.41, 5.74) is 2.06. The number of furan rings is 1. The summed E-state index contributed by atoms with van der Waals surface area (Å²) < 4.78 is 10.7. The SMILES string of the molecule is O=C(Nc1cccc(-c2nc3ncccc3o2)c1Cl)c1ccco1. The van der Waals surface area contributed by atoms with Crippen molar-refractivity contribution in [1.82, 2.24) is 9.97 Å². The Bertz CT molecular complexity index is 992. The third-order valence-electron chi connectivity index (χ3n) is 3.39. The molecule has 0 aliphatic heterocycles. The van der Waals surface area contributed by atoms with Crippen LogP contribution < -0.4 is 5.32 Å². The van der Waals surface area contributed by atoms with Crippen molar-refractivity contribution < 1.29 is 13.6 Å². The standard InChI is InChI=1S/C17H10ClN3O3/c18-14-10(17-21-15-12(24-17)6-2-8-19-15)4-1-5-11(14)20-16(22)13-7-3-9-23-13/h1-9H,(H,20,22). The van der Waals surface area contributed by atoms with Gasteiger partial charge in [-0.05, 0) is 36.4 Å². The average Bonchev–Trinajstić information content (AvgIpc) is 3.26. The lowest BCUT2D eigenvalue weighted by molar-refractivity contribution is 0.0996. The Morgan fingerprint density at radius 1 is 1.12 bits per heavy atom. The van der Waals surface area contributed by atoms with E-state index in [9.17, 15) is 4.79 Å². The Labute approximate surface area is 141 Å². The van der Waals surface area contributed by atoms with Crippen LogP contribution in [-0.4, -0.2) is 15.9 Å². The van der Waals surface area contributed by atoms with Crippen molar-refractivity contribution in [3.63, 3.8) is 0 Å². The Morgan fingerprint density at radius 2 is 2.04 bits per heavy atom. The monoisotopic (exact) mass is 339 g/mol. The maximum atomic E-state index is 12.1. The molecule has 6 nitrogen and oxygen atoms in total. The van der Waals surface area contributed by atoms with E-state index >= 15 is 0 Å². The van der Waals surface area contributed by atoms with Gasteiger partial charge in [0.1, 0.15) is 0 Å². The number of oxazole rings is 1. The zero-order chi connectivity index (χ0) is 16.5. The molecule has 1 aromatic carbocycles. The molecule has 0 atom stereocenters. The minimum atomic E-state index is -0.390. The first-order valence-electron chi connectivity index (χ1n) is 7.07. The van der Waals surface area contributed by atoms with Crippen LogP contribution >= 0.6 is 11.6 Å². The first-order valence-corrected chi connectivity index (χ1v) is 7.45. The molecule has 0 aliphatic rings. The van der Waals surface area contributed by atoms with Crippen LogP contribution in [0, 0.1) is 0 Å². The zero-order valence-electron chi connectivity index (χ0n) is 12.2. The number of anilines is 1. The van der Waals surface area contributed by atoms with Gasteiger partial charge in [0.05, 0.1) is 22.5 Å². The number of carbonyl (C=O) groups is 1. The van der Waals surface area contributed by atoms with E-state index in [2.05, 4.69) is 15.3 Å². The Kier molecular flexibility index (Phi) is 3.51. The molecule has 0 bridgehead atoms. The third-order valence-corrected chi connectivity index (χ3v) is 3.79. The van der Waals surface area contributed by atoms with Gasteiger partial charge in [-0.1, -0.05) is 17.7 Å². The number of pyridine rings is 1. The Hall–Kier alpha value is -3.12. The van der Waals surface area contributed by atoms with Crippen LogP contribution in [0.3, 0.4) is 0 Å². The number of benzene rings is 1. The van der Waals surface area contributed by atoms with E-state index in [0.717, 1.165) is 0 Å². The van der Waals surface area contributed by atoms with Gasteiger partial charge in [0.25, 0.3) is 5.91 Å². The van der Waals surface area contributed by atoms with Crippen molar-refractivity contribution in [3.8, 4) is 11.5 Å². The summed E-state index contributed by atoms with van der Waals surface area (Å²) in [5.74, 6) is 0.142. The molecule has 4 aromatic rings. The summed E-state index contributed by atoms with van der Waals surface area (Å²) in [4.78, 5) is 20.6. The second kappa shape index (κ2) is 5.82. The predicted molar refractivity (Wildman–Crippen MR) is 88.9 cm³/mol. The molecule has 0 aliphatic carbocycles. The largest absolute Gasteiger partial charge is 0.459 e. The minimum absolute atomic E-state index is 0.197. The number of nitrogens with one attached hydrogen (secondary N) is 1. The van der Waals surface area contributed by atoms with E-state index in [1.54, 1.807) is 48.7 Å². The van der Waals surface area contributed by atoms with Gasteiger partial charge in [0.15, 0.2) is 17.0 Å². The Balaban J connectivity index is 1.71. The molecule has 4 rings (SSSR count). The molecule has 7 heteroatoms. The molecule has 0 spiro atoms. The number of hydrogen-bond donors (Lipinski definition) is 1. The summed E-state index contributed by atoms with van der Waals surface area (Å²) in [5, 5.41) is 3.03. The highest BCUT2D eigenvalue weighted by atomic mass is 35.5. The lowest BCUT2D eigenvalue weighted by Gasteiger charge is -2.08. The van der Waals surface area contributed by atoms with E-state index in [0.29, 0.717) is 33.4 Å². The molecule has 0 saturated heterocycles. The molecule has 1 N–H and O–H groups in total. The highest BCUT2D eigenvalue weighted by Gasteiger charge is 2.17.